The molecule has 1 nitrogen and oxygen atoms in total. The van der Waals surface area contributed by atoms with Crippen LogP contribution in [0.25, 0.3) is 0 Å². The lowest BCUT2D eigenvalue weighted by molar-refractivity contribution is 1.10. The summed E-state index contributed by atoms with van der Waals surface area (Å²) in [6, 6.07) is 3.95. The topological polar surface area (TPSA) is 12.9 Å². The second-order valence-corrected chi connectivity index (χ2v) is 3.56. The van der Waals surface area contributed by atoms with Crippen LogP contribution < -0.4 is 0 Å². The van der Waals surface area contributed by atoms with Gasteiger partial charge in [-0.05, 0) is 31.0 Å². The van der Waals surface area contributed by atoms with E-state index in [4.69, 9.17) is 11.6 Å². The Morgan fingerprint density at radius 2 is 2.27 bits per heavy atom. The maximum atomic E-state index is 5.76. The maximum absolute atomic E-state index is 5.76. The number of hydrogen-bond acceptors (Lipinski definition) is 1. The minimum absolute atomic E-state index is 0.584. The van der Waals surface area contributed by atoms with Crippen molar-refractivity contribution in [2.75, 3.05) is 5.33 Å². The lowest BCUT2D eigenvalue weighted by Gasteiger charge is -1.99. The number of alkyl halides is 1. The number of aromatic nitrogens is 1. The first-order valence-corrected chi connectivity index (χ1v) is 4.91. The van der Waals surface area contributed by atoms with Gasteiger partial charge in [0, 0.05) is 11.0 Å². The molecule has 3 heteroatoms. The van der Waals surface area contributed by atoms with Crippen LogP contribution in [0, 0.1) is 6.92 Å². The van der Waals surface area contributed by atoms with Gasteiger partial charge in [0.15, 0.2) is 0 Å². The predicted molar refractivity (Wildman–Crippen MR) is 51.5 cm³/mol. The number of aryl methyl sites for hydroxylation is 2. The molecule has 0 unspecified atom stereocenters. The van der Waals surface area contributed by atoms with Crippen LogP contribution in [0.4, 0.5) is 0 Å². The Morgan fingerprint density at radius 1 is 1.55 bits per heavy atom. The SMILES string of the molecule is Cc1cc(CCBr)cc(Cl)n1. The summed E-state index contributed by atoms with van der Waals surface area (Å²) >= 11 is 9.13. The number of pyridine rings is 1. The third-order valence-electron chi connectivity index (χ3n) is 1.37. The molecule has 1 rings (SSSR count). The Kier molecular flexibility index (Phi) is 3.34. The molecule has 0 aliphatic heterocycles. The molecule has 0 radical (unpaired) electrons. The summed E-state index contributed by atoms with van der Waals surface area (Å²) in [6.45, 7) is 1.95. The van der Waals surface area contributed by atoms with Gasteiger partial charge in [-0.15, -0.1) is 0 Å². The van der Waals surface area contributed by atoms with Crippen LogP contribution in [0.5, 0.6) is 0 Å². The number of rotatable bonds is 2. The largest absolute Gasteiger partial charge is 0.241 e. The van der Waals surface area contributed by atoms with Gasteiger partial charge in [0.05, 0.1) is 0 Å². The summed E-state index contributed by atoms with van der Waals surface area (Å²) in [6.07, 6.45) is 1.00. The molecule has 1 heterocycles. The van der Waals surface area contributed by atoms with Gasteiger partial charge in [0.1, 0.15) is 5.15 Å². The molecule has 0 aromatic carbocycles. The molecule has 0 atom stereocenters. The highest BCUT2D eigenvalue weighted by Gasteiger charge is 1.96. The second kappa shape index (κ2) is 4.07. The summed E-state index contributed by atoms with van der Waals surface area (Å²) in [5.74, 6) is 0. The highest BCUT2D eigenvalue weighted by Crippen LogP contribution is 2.11. The van der Waals surface area contributed by atoms with Crippen LogP contribution in [0.2, 0.25) is 5.15 Å². The van der Waals surface area contributed by atoms with E-state index in [2.05, 4.69) is 20.9 Å². The van der Waals surface area contributed by atoms with Crippen molar-refractivity contribution < 1.29 is 0 Å². The van der Waals surface area contributed by atoms with Crippen molar-refractivity contribution in [2.24, 2.45) is 0 Å². The lowest BCUT2D eigenvalue weighted by Crippen LogP contribution is -1.89. The third-order valence-corrected chi connectivity index (χ3v) is 1.96. The number of hydrogen-bond donors (Lipinski definition) is 0. The minimum Gasteiger partial charge on any atom is -0.241 e. The van der Waals surface area contributed by atoms with Crippen LogP contribution in [0.1, 0.15) is 11.3 Å². The van der Waals surface area contributed by atoms with Crippen molar-refractivity contribution in [3.05, 3.63) is 28.5 Å². The van der Waals surface area contributed by atoms with Crippen LogP contribution in [0.3, 0.4) is 0 Å². The lowest BCUT2D eigenvalue weighted by atomic mass is 10.2. The molecule has 0 aliphatic rings. The van der Waals surface area contributed by atoms with Crippen LogP contribution in [-0.4, -0.2) is 10.3 Å². The molecule has 0 spiro atoms. The summed E-state index contributed by atoms with van der Waals surface area (Å²) in [5.41, 5.74) is 2.22. The predicted octanol–water partition coefficient (Wildman–Crippen LogP) is 2.98. The molecule has 60 valence electrons. The van der Waals surface area contributed by atoms with E-state index in [1.54, 1.807) is 0 Å². The van der Waals surface area contributed by atoms with Crippen molar-refractivity contribution in [3.8, 4) is 0 Å². The van der Waals surface area contributed by atoms with Gasteiger partial charge in [-0.1, -0.05) is 27.5 Å². The Morgan fingerprint density at radius 3 is 2.82 bits per heavy atom. The molecule has 1 aromatic heterocycles. The Bertz CT molecular complexity index is 230. The number of nitrogens with zero attached hydrogens (tertiary/aromatic N) is 1. The fourth-order valence-electron chi connectivity index (χ4n) is 0.949. The van der Waals surface area contributed by atoms with Gasteiger partial charge >= 0.3 is 0 Å². The van der Waals surface area contributed by atoms with Gasteiger partial charge in [0.25, 0.3) is 0 Å². The van der Waals surface area contributed by atoms with E-state index in [-0.39, 0.29) is 0 Å². The molecule has 0 saturated heterocycles. The van der Waals surface area contributed by atoms with E-state index in [1.807, 2.05) is 19.1 Å². The molecule has 0 saturated carbocycles. The van der Waals surface area contributed by atoms with Crippen molar-refractivity contribution in [1.29, 1.82) is 0 Å². The average molecular weight is 235 g/mol. The van der Waals surface area contributed by atoms with E-state index >= 15 is 0 Å². The van der Waals surface area contributed by atoms with Gasteiger partial charge in [-0.2, -0.15) is 0 Å². The fraction of sp³-hybridized carbons (Fsp3) is 0.375. The molecular formula is C8H9BrClN. The van der Waals surface area contributed by atoms with Crippen molar-refractivity contribution in [1.82, 2.24) is 4.98 Å². The minimum atomic E-state index is 0.584. The molecule has 0 fully saturated rings. The molecule has 0 N–H and O–H groups in total. The quantitative estimate of drug-likeness (QED) is 0.566. The monoisotopic (exact) mass is 233 g/mol. The highest BCUT2D eigenvalue weighted by atomic mass is 79.9. The smallest absolute Gasteiger partial charge is 0.129 e. The zero-order chi connectivity index (χ0) is 8.27. The molecule has 0 aliphatic carbocycles. The van der Waals surface area contributed by atoms with Crippen LogP contribution in [-0.2, 0) is 6.42 Å². The van der Waals surface area contributed by atoms with E-state index in [9.17, 15) is 0 Å². The first kappa shape index (κ1) is 9.01. The highest BCUT2D eigenvalue weighted by molar-refractivity contribution is 9.09. The average Bonchev–Trinajstić information content (AvgIpc) is 1.85. The van der Waals surface area contributed by atoms with Crippen molar-refractivity contribution >= 4 is 27.5 Å². The summed E-state index contributed by atoms with van der Waals surface area (Å²) in [4.78, 5) is 4.07. The van der Waals surface area contributed by atoms with Gasteiger partial charge in [0.2, 0.25) is 0 Å². The van der Waals surface area contributed by atoms with Gasteiger partial charge in [-0.25, -0.2) is 4.98 Å². The van der Waals surface area contributed by atoms with Crippen molar-refractivity contribution in [3.63, 3.8) is 0 Å². The van der Waals surface area contributed by atoms with Crippen LogP contribution in [0.15, 0.2) is 12.1 Å². The first-order chi connectivity index (χ1) is 5.22. The molecular weight excluding hydrogens is 225 g/mol. The van der Waals surface area contributed by atoms with E-state index < -0.39 is 0 Å². The van der Waals surface area contributed by atoms with E-state index in [0.29, 0.717) is 5.15 Å². The standard InChI is InChI=1S/C8H9BrClN/c1-6-4-7(2-3-9)5-8(10)11-6/h4-5H,2-3H2,1H3. The third kappa shape index (κ3) is 2.80. The Hall–Kier alpha value is -0.0800. The zero-order valence-corrected chi connectivity index (χ0v) is 8.61. The Balaban J connectivity index is 2.89. The fourth-order valence-corrected chi connectivity index (χ4v) is 1.68. The van der Waals surface area contributed by atoms with Gasteiger partial charge < -0.3 is 0 Å². The van der Waals surface area contributed by atoms with Crippen LogP contribution >= 0.6 is 27.5 Å². The molecule has 1 aromatic rings. The molecule has 0 bridgehead atoms. The second-order valence-electron chi connectivity index (χ2n) is 2.38. The molecule has 11 heavy (non-hydrogen) atoms. The summed E-state index contributed by atoms with van der Waals surface area (Å²) in [5, 5.41) is 1.55. The zero-order valence-electron chi connectivity index (χ0n) is 6.27. The Labute approximate surface area is 79.9 Å². The normalized spacial score (nSPS) is 10.1. The maximum Gasteiger partial charge on any atom is 0.129 e. The summed E-state index contributed by atoms with van der Waals surface area (Å²) in [7, 11) is 0. The first-order valence-electron chi connectivity index (χ1n) is 3.41. The van der Waals surface area contributed by atoms with E-state index in [1.165, 1.54) is 5.56 Å². The molecule has 0 amide bonds. The summed E-state index contributed by atoms with van der Waals surface area (Å²) < 4.78 is 0. The van der Waals surface area contributed by atoms with Gasteiger partial charge in [-0.3, -0.25) is 0 Å². The van der Waals surface area contributed by atoms with E-state index in [0.717, 1.165) is 17.4 Å². The number of halogens is 2. The van der Waals surface area contributed by atoms with Crippen molar-refractivity contribution in [2.45, 2.75) is 13.3 Å².